The maximum atomic E-state index is 13.3. The van der Waals surface area contributed by atoms with Gasteiger partial charge >= 0.3 is 0 Å². The fourth-order valence-corrected chi connectivity index (χ4v) is 3.99. The molecule has 9 nitrogen and oxygen atoms in total. The van der Waals surface area contributed by atoms with Crippen molar-refractivity contribution in [2.24, 2.45) is 5.10 Å². The number of para-hydroxylation sites is 3. The lowest BCUT2D eigenvalue weighted by atomic mass is 10.2. The standard InChI is InChI=1S/C27H23FN6O3/c1-36-21-9-5-6-17(24(21)37-2)15-31-34-25(29)22(27(35)30-14-16-10-12-18(28)13-11-16)23-26(34)33-20-8-4-3-7-19(20)32-23/h3-13,15H,14,29H2,1-2H3,(H,30,35). The molecule has 5 rings (SSSR count). The Balaban J connectivity index is 1.60. The van der Waals surface area contributed by atoms with Crippen LogP contribution in [0.1, 0.15) is 21.5 Å². The van der Waals surface area contributed by atoms with Gasteiger partial charge in [-0.1, -0.05) is 30.3 Å². The molecule has 3 aromatic carbocycles. The fourth-order valence-electron chi connectivity index (χ4n) is 3.99. The molecule has 1 amide bonds. The van der Waals surface area contributed by atoms with Gasteiger partial charge in [-0.25, -0.2) is 14.4 Å². The van der Waals surface area contributed by atoms with E-state index in [1.54, 1.807) is 37.6 Å². The highest BCUT2D eigenvalue weighted by atomic mass is 19.1. The summed E-state index contributed by atoms with van der Waals surface area (Å²) in [4.78, 5) is 22.7. The number of methoxy groups -OCH3 is 2. The van der Waals surface area contributed by atoms with Crippen molar-refractivity contribution in [2.45, 2.75) is 6.54 Å². The lowest BCUT2D eigenvalue weighted by molar-refractivity contribution is 0.0953. The number of fused-ring (bicyclic) bond motifs is 2. The molecule has 10 heteroatoms. The largest absolute Gasteiger partial charge is 0.493 e. The molecular weight excluding hydrogens is 475 g/mol. The molecule has 0 radical (unpaired) electrons. The van der Waals surface area contributed by atoms with Crippen LogP contribution in [0.4, 0.5) is 10.2 Å². The van der Waals surface area contributed by atoms with E-state index in [0.717, 1.165) is 5.56 Å². The monoisotopic (exact) mass is 498 g/mol. The maximum absolute atomic E-state index is 13.3. The first kappa shape index (κ1) is 23.7. The van der Waals surface area contributed by atoms with Gasteiger partial charge in [-0.05, 0) is 42.0 Å². The molecule has 0 aliphatic heterocycles. The minimum absolute atomic E-state index is 0.0695. The van der Waals surface area contributed by atoms with Gasteiger partial charge in [0.05, 0.1) is 31.5 Å². The van der Waals surface area contributed by atoms with E-state index in [2.05, 4.69) is 20.4 Å². The van der Waals surface area contributed by atoms with Gasteiger partial charge in [0.2, 0.25) is 0 Å². The van der Waals surface area contributed by atoms with Crippen LogP contribution in [0.15, 0.2) is 71.8 Å². The first-order valence-electron chi connectivity index (χ1n) is 11.3. The van der Waals surface area contributed by atoms with E-state index in [9.17, 15) is 9.18 Å². The average Bonchev–Trinajstić information content (AvgIpc) is 3.19. The van der Waals surface area contributed by atoms with Crippen LogP contribution >= 0.6 is 0 Å². The number of carbonyl (C=O) groups excluding carboxylic acids is 1. The molecule has 3 N–H and O–H groups in total. The van der Waals surface area contributed by atoms with Gasteiger partial charge in [0.1, 0.15) is 22.7 Å². The summed E-state index contributed by atoms with van der Waals surface area (Å²) >= 11 is 0. The summed E-state index contributed by atoms with van der Waals surface area (Å²) in [5.74, 6) is 0.306. The summed E-state index contributed by atoms with van der Waals surface area (Å²) in [5, 5.41) is 7.36. The number of nitrogens with two attached hydrogens (primary N) is 1. The lowest BCUT2D eigenvalue weighted by Gasteiger charge is -2.09. The third-order valence-corrected chi connectivity index (χ3v) is 5.81. The second kappa shape index (κ2) is 9.94. The third kappa shape index (κ3) is 4.52. The maximum Gasteiger partial charge on any atom is 0.257 e. The van der Waals surface area contributed by atoms with Crippen molar-refractivity contribution in [3.8, 4) is 11.5 Å². The number of ether oxygens (including phenoxy) is 2. The van der Waals surface area contributed by atoms with Gasteiger partial charge in [0.25, 0.3) is 5.91 Å². The molecule has 0 bridgehead atoms. The van der Waals surface area contributed by atoms with Gasteiger partial charge in [-0.2, -0.15) is 9.78 Å². The van der Waals surface area contributed by atoms with E-state index in [0.29, 0.717) is 39.3 Å². The van der Waals surface area contributed by atoms with Crippen LogP contribution < -0.4 is 20.5 Å². The highest BCUT2D eigenvalue weighted by molar-refractivity contribution is 6.10. The van der Waals surface area contributed by atoms with E-state index in [1.165, 1.54) is 23.9 Å². The predicted octanol–water partition coefficient (Wildman–Crippen LogP) is 4.14. The van der Waals surface area contributed by atoms with Gasteiger partial charge in [0, 0.05) is 12.1 Å². The number of rotatable bonds is 7. The van der Waals surface area contributed by atoms with E-state index in [1.807, 2.05) is 30.3 Å². The van der Waals surface area contributed by atoms with Crippen molar-refractivity contribution in [1.29, 1.82) is 0 Å². The van der Waals surface area contributed by atoms with Crippen LogP contribution in [0.5, 0.6) is 11.5 Å². The zero-order valence-electron chi connectivity index (χ0n) is 20.1. The Morgan fingerprint density at radius 2 is 1.76 bits per heavy atom. The first-order valence-corrected chi connectivity index (χ1v) is 11.3. The molecule has 0 spiro atoms. The Kier molecular flexibility index (Phi) is 6.38. The summed E-state index contributed by atoms with van der Waals surface area (Å²) in [6.07, 6.45) is 1.55. The number of nitrogens with zero attached hydrogens (tertiary/aromatic N) is 4. The Bertz CT molecular complexity index is 1650. The van der Waals surface area contributed by atoms with Crippen molar-refractivity contribution in [1.82, 2.24) is 20.0 Å². The van der Waals surface area contributed by atoms with Crippen molar-refractivity contribution in [3.05, 3.63) is 89.2 Å². The Morgan fingerprint density at radius 1 is 1.03 bits per heavy atom. The number of carbonyl (C=O) groups is 1. The van der Waals surface area contributed by atoms with Crippen LogP contribution in [-0.4, -0.2) is 41.0 Å². The van der Waals surface area contributed by atoms with Crippen LogP contribution in [0, 0.1) is 5.82 Å². The zero-order valence-corrected chi connectivity index (χ0v) is 20.1. The van der Waals surface area contributed by atoms with E-state index in [4.69, 9.17) is 15.2 Å². The summed E-state index contributed by atoms with van der Waals surface area (Å²) < 4.78 is 25.5. The first-order chi connectivity index (χ1) is 18.0. The number of halogens is 1. The molecule has 0 saturated carbocycles. The minimum Gasteiger partial charge on any atom is -0.493 e. The average molecular weight is 499 g/mol. The Hall–Kier alpha value is -4.99. The van der Waals surface area contributed by atoms with Crippen molar-refractivity contribution in [3.63, 3.8) is 0 Å². The molecule has 0 fully saturated rings. The molecule has 0 aliphatic carbocycles. The SMILES string of the molecule is COc1cccc(C=Nn2c(N)c(C(=O)NCc3ccc(F)cc3)c3nc4ccccc4nc32)c1OC. The molecular formula is C27H23FN6O3. The van der Waals surface area contributed by atoms with Gasteiger partial charge in [0.15, 0.2) is 17.1 Å². The third-order valence-electron chi connectivity index (χ3n) is 5.81. The van der Waals surface area contributed by atoms with Gasteiger partial charge < -0.3 is 20.5 Å². The Labute approximate surface area is 211 Å². The molecule has 37 heavy (non-hydrogen) atoms. The number of amides is 1. The second-order valence-electron chi connectivity index (χ2n) is 8.09. The number of nitrogen functional groups attached to an aromatic ring is 1. The summed E-state index contributed by atoms with van der Waals surface area (Å²) in [6.45, 7) is 0.177. The lowest BCUT2D eigenvalue weighted by Crippen LogP contribution is -2.23. The number of benzene rings is 3. The van der Waals surface area contributed by atoms with Crippen LogP contribution in [0.2, 0.25) is 0 Å². The number of anilines is 1. The van der Waals surface area contributed by atoms with E-state index < -0.39 is 5.91 Å². The second-order valence-corrected chi connectivity index (χ2v) is 8.09. The summed E-state index contributed by atoms with van der Waals surface area (Å²) in [6, 6.07) is 18.6. The molecule has 5 aromatic rings. The number of aromatic nitrogens is 3. The summed E-state index contributed by atoms with van der Waals surface area (Å²) in [5.41, 5.74) is 9.84. The fraction of sp³-hybridized carbons (Fsp3) is 0.111. The molecule has 0 unspecified atom stereocenters. The molecule has 0 saturated heterocycles. The smallest absolute Gasteiger partial charge is 0.257 e. The number of hydrogen-bond acceptors (Lipinski definition) is 7. The predicted molar refractivity (Wildman–Crippen MR) is 140 cm³/mol. The van der Waals surface area contributed by atoms with E-state index in [-0.39, 0.29) is 23.7 Å². The Morgan fingerprint density at radius 3 is 2.46 bits per heavy atom. The van der Waals surface area contributed by atoms with Crippen LogP contribution in [-0.2, 0) is 6.54 Å². The van der Waals surface area contributed by atoms with E-state index >= 15 is 0 Å². The molecule has 186 valence electrons. The molecule has 2 aromatic heterocycles. The number of nitrogens with one attached hydrogen (secondary N) is 1. The highest BCUT2D eigenvalue weighted by Crippen LogP contribution is 2.31. The quantitative estimate of drug-likeness (QED) is 0.326. The van der Waals surface area contributed by atoms with Crippen LogP contribution in [0.3, 0.4) is 0 Å². The topological polar surface area (TPSA) is 117 Å². The van der Waals surface area contributed by atoms with Gasteiger partial charge in [-0.3, -0.25) is 4.79 Å². The number of hydrogen-bond donors (Lipinski definition) is 2. The van der Waals surface area contributed by atoms with Crippen LogP contribution in [0.25, 0.3) is 22.2 Å². The van der Waals surface area contributed by atoms with Crippen molar-refractivity contribution < 1.29 is 18.7 Å². The minimum atomic E-state index is -0.454. The molecule has 2 heterocycles. The summed E-state index contributed by atoms with van der Waals surface area (Å²) in [7, 11) is 3.09. The molecule has 0 aliphatic rings. The van der Waals surface area contributed by atoms with Crippen molar-refractivity contribution >= 4 is 40.1 Å². The highest BCUT2D eigenvalue weighted by Gasteiger charge is 2.24. The normalized spacial score (nSPS) is 11.3. The molecule has 0 atom stereocenters. The zero-order chi connectivity index (χ0) is 25.9. The van der Waals surface area contributed by atoms with Gasteiger partial charge in [-0.15, -0.1) is 0 Å². The van der Waals surface area contributed by atoms with Crippen molar-refractivity contribution in [2.75, 3.05) is 20.0 Å².